The molecule has 0 aliphatic rings. The first-order chi connectivity index (χ1) is 8.77. The molecule has 1 rings (SSSR count). The lowest BCUT2D eigenvalue weighted by Gasteiger charge is -2.14. The summed E-state index contributed by atoms with van der Waals surface area (Å²) in [5.41, 5.74) is 0. The van der Waals surface area contributed by atoms with Crippen LogP contribution in [0.3, 0.4) is 0 Å². The van der Waals surface area contributed by atoms with Crippen LogP contribution < -0.4 is 4.72 Å². The topological polar surface area (TPSA) is 83.5 Å². The van der Waals surface area contributed by atoms with E-state index in [0.717, 1.165) is 12.1 Å². The fourth-order valence-corrected chi connectivity index (χ4v) is 3.08. The molecule has 0 radical (unpaired) electrons. The van der Waals surface area contributed by atoms with Crippen molar-refractivity contribution in [3.05, 3.63) is 28.5 Å². The number of carbonyl (C=O) groups is 1. The molecule has 19 heavy (non-hydrogen) atoms. The van der Waals surface area contributed by atoms with E-state index in [2.05, 4.69) is 15.9 Å². The van der Waals surface area contributed by atoms with Gasteiger partial charge in [0.2, 0.25) is 10.0 Å². The van der Waals surface area contributed by atoms with E-state index < -0.39 is 32.7 Å². The first kappa shape index (κ1) is 16.1. The first-order valence-electron chi connectivity index (χ1n) is 5.48. The Labute approximate surface area is 119 Å². The molecule has 0 saturated carbocycles. The molecular weight excluding hydrogens is 341 g/mol. The molecule has 0 aliphatic heterocycles. The van der Waals surface area contributed by atoms with E-state index in [4.69, 9.17) is 5.11 Å². The highest BCUT2D eigenvalue weighted by Gasteiger charge is 2.26. The molecule has 0 bridgehead atoms. The zero-order valence-electron chi connectivity index (χ0n) is 10.1. The second kappa shape index (κ2) is 6.44. The molecule has 5 nitrogen and oxygen atoms in total. The van der Waals surface area contributed by atoms with Crippen LogP contribution in [0.25, 0.3) is 0 Å². The average Bonchev–Trinajstić information content (AvgIpc) is 2.27. The third-order valence-electron chi connectivity index (χ3n) is 2.36. The summed E-state index contributed by atoms with van der Waals surface area (Å²) >= 11 is 3.01. The normalized spacial score (nSPS) is 13.2. The van der Waals surface area contributed by atoms with Crippen LogP contribution in [-0.2, 0) is 14.8 Å². The standard InChI is InChI=1S/C11H13BrFNO4S/c1-2-3-9(11(15)16)14-19(17,18)10-5-4-7(12)6-8(10)13/h4-6,9,14H,2-3H2,1H3,(H,15,16)/t9-/m0/s1. The molecule has 0 aliphatic carbocycles. The number of aliphatic carboxylic acids is 1. The van der Waals surface area contributed by atoms with Gasteiger partial charge in [-0.3, -0.25) is 4.79 Å². The molecule has 0 heterocycles. The highest BCUT2D eigenvalue weighted by molar-refractivity contribution is 9.10. The van der Waals surface area contributed by atoms with Gasteiger partial charge in [0.1, 0.15) is 16.8 Å². The molecule has 2 N–H and O–H groups in total. The van der Waals surface area contributed by atoms with Crippen molar-refractivity contribution < 1.29 is 22.7 Å². The van der Waals surface area contributed by atoms with Crippen molar-refractivity contribution >= 4 is 31.9 Å². The van der Waals surface area contributed by atoms with Crippen LogP contribution in [0.5, 0.6) is 0 Å². The summed E-state index contributed by atoms with van der Waals surface area (Å²) in [6, 6.07) is 2.18. The maximum absolute atomic E-state index is 13.6. The largest absolute Gasteiger partial charge is 0.480 e. The lowest BCUT2D eigenvalue weighted by molar-refractivity contribution is -0.139. The molecule has 0 aromatic heterocycles. The van der Waals surface area contributed by atoms with Crippen molar-refractivity contribution in [2.24, 2.45) is 0 Å². The Bertz CT molecular complexity index is 576. The third kappa shape index (κ3) is 4.26. The molecule has 0 unspecified atom stereocenters. The number of sulfonamides is 1. The smallest absolute Gasteiger partial charge is 0.321 e. The van der Waals surface area contributed by atoms with Gasteiger partial charge in [0.15, 0.2) is 0 Å². The van der Waals surface area contributed by atoms with Gasteiger partial charge in [0, 0.05) is 4.47 Å². The van der Waals surface area contributed by atoms with Crippen LogP contribution in [0, 0.1) is 5.82 Å². The van der Waals surface area contributed by atoms with Gasteiger partial charge in [-0.2, -0.15) is 4.72 Å². The zero-order valence-corrected chi connectivity index (χ0v) is 12.5. The van der Waals surface area contributed by atoms with Crippen LogP contribution in [0.2, 0.25) is 0 Å². The summed E-state index contributed by atoms with van der Waals surface area (Å²) in [7, 11) is -4.20. The van der Waals surface area contributed by atoms with Gasteiger partial charge >= 0.3 is 5.97 Å². The zero-order chi connectivity index (χ0) is 14.6. The van der Waals surface area contributed by atoms with E-state index in [1.54, 1.807) is 6.92 Å². The van der Waals surface area contributed by atoms with E-state index in [9.17, 15) is 17.6 Å². The fraction of sp³-hybridized carbons (Fsp3) is 0.364. The first-order valence-corrected chi connectivity index (χ1v) is 7.75. The predicted molar refractivity (Wildman–Crippen MR) is 70.8 cm³/mol. The van der Waals surface area contributed by atoms with Crippen molar-refractivity contribution in [3.63, 3.8) is 0 Å². The minimum absolute atomic E-state index is 0.132. The fourth-order valence-electron chi connectivity index (χ4n) is 1.47. The third-order valence-corrected chi connectivity index (χ3v) is 4.35. The van der Waals surface area contributed by atoms with Gasteiger partial charge in [0.25, 0.3) is 0 Å². The Morgan fingerprint density at radius 1 is 1.53 bits per heavy atom. The van der Waals surface area contributed by atoms with E-state index in [1.165, 1.54) is 6.07 Å². The number of halogens is 2. The van der Waals surface area contributed by atoms with Gasteiger partial charge in [-0.15, -0.1) is 0 Å². The van der Waals surface area contributed by atoms with Crippen LogP contribution >= 0.6 is 15.9 Å². The van der Waals surface area contributed by atoms with E-state index in [-0.39, 0.29) is 6.42 Å². The van der Waals surface area contributed by atoms with E-state index >= 15 is 0 Å². The Kier molecular flexibility index (Phi) is 5.45. The van der Waals surface area contributed by atoms with Gasteiger partial charge in [0.05, 0.1) is 0 Å². The number of benzene rings is 1. The second-order valence-corrected chi connectivity index (χ2v) is 6.47. The Morgan fingerprint density at radius 2 is 2.16 bits per heavy atom. The molecule has 1 aromatic carbocycles. The maximum atomic E-state index is 13.6. The van der Waals surface area contributed by atoms with Crippen LogP contribution in [0.4, 0.5) is 4.39 Å². The number of carboxylic acids is 1. The van der Waals surface area contributed by atoms with Crippen LogP contribution in [0.1, 0.15) is 19.8 Å². The number of rotatable bonds is 6. The molecular formula is C11H13BrFNO4S. The summed E-state index contributed by atoms with van der Waals surface area (Å²) in [5.74, 6) is -2.23. The SMILES string of the molecule is CCC[C@H](NS(=O)(=O)c1ccc(Br)cc1F)C(=O)O. The summed E-state index contributed by atoms with van der Waals surface area (Å²) in [5, 5.41) is 8.90. The summed E-state index contributed by atoms with van der Waals surface area (Å²) in [6.45, 7) is 1.73. The molecule has 0 fully saturated rings. The van der Waals surface area contributed by atoms with Crippen LogP contribution in [0.15, 0.2) is 27.6 Å². The quantitative estimate of drug-likeness (QED) is 0.820. The van der Waals surface area contributed by atoms with E-state index in [0.29, 0.717) is 10.9 Å². The molecule has 8 heteroatoms. The number of hydrogen-bond donors (Lipinski definition) is 2. The summed E-state index contributed by atoms with van der Waals surface area (Å²) in [6.07, 6.45) is 0.620. The number of hydrogen-bond acceptors (Lipinski definition) is 3. The molecule has 0 amide bonds. The molecule has 0 spiro atoms. The van der Waals surface area contributed by atoms with Crippen LogP contribution in [-0.4, -0.2) is 25.5 Å². The predicted octanol–water partition coefficient (Wildman–Crippen LogP) is 2.12. The second-order valence-electron chi connectivity index (χ2n) is 3.88. The monoisotopic (exact) mass is 353 g/mol. The highest BCUT2D eigenvalue weighted by Crippen LogP contribution is 2.19. The minimum atomic E-state index is -4.20. The van der Waals surface area contributed by atoms with Crippen molar-refractivity contribution in [1.82, 2.24) is 4.72 Å². The van der Waals surface area contributed by atoms with Crippen molar-refractivity contribution in [1.29, 1.82) is 0 Å². The molecule has 1 atom stereocenters. The van der Waals surface area contributed by atoms with Gasteiger partial charge in [-0.1, -0.05) is 29.3 Å². The van der Waals surface area contributed by atoms with Crippen molar-refractivity contribution in [3.8, 4) is 0 Å². The Morgan fingerprint density at radius 3 is 2.63 bits per heavy atom. The molecule has 106 valence electrons. The van der Waals surface area contributed by atoms with Gasteiger partial charge in [-0.25, -0.2) is 12.8 Å². The van der Waals surface area contributed by atoms with Gasteiger partial charge in [-0.05, 0) is 24.6 Å². The summed E-state index contributed by atoms with van der Waals surface area (Å²) < 4.78 is 39.8. The number of carboxylic acid groups (broad SMARTS) is 1. The molecule has 0 saturated heterocycles. The lowest BCUT2D eigenvalue weighted by atomic mass is 10.2. The Hall–Kier alpha value is -0.990. The maximum Gasteiger partial charge on any atom is 0.321 e. The average molecular weight is 354 g/mol. The van der Waals surface area contributed by atoms with Gasteiger partial charge < -0.3 is 5.11 Å². The number of nitrogens with one attached hydrogen (secondary N) is 1. The van der Waals surface area contributed by atoms with E-state index in [1.807, 2.05) is 4.72 Å². The lowest BCUT2D eigenvalue weighted by Crippen LogP contribution is -2.40. The van der Waals surface area contributed by atoms with Crippen molar-refractivity contribution in [2.45, 2.75) is 30.7 Å². The molecule has 1 aromatic rings. The van der Waals surface area contributed by atoms with Crippen molar-refractivity contribution in [2.75, 3.05) is 0 Å². The Balaban J connectivity index is 3.06. The minimum Gasteiger partial charge on any atom is -0.480 e. The highest BCUT2D eigenvalue weighted by atomic mass is 79.9. The summed E-state index contributed by atoms with van der Waals surface area (Å²) in [4.78, 5) is 10.3.